The number of carbonyl (C=O) groups is 1. The SMILES string of the molecule is COc1ccc(/C=N\NC(=O)CO/N=C(\C)c2cccs2)cc1. The van der Waals surface area contributed by atoms with Gasteiger partial charge in [0.05, 0.1) is 23.9 Å². The second-order valence-corrected chi connectivity index (χ2v) is 5.44. The van der Waals surface area contributed by atoms with Crippen molar-refractivity contribution in [1.29, 1.82) is 0 Å². The number of thiophene rings is 1. The van der Waals surface area contributed by atoms with Gasteiger partial charge in [0.1, 0.15) is 5.75 Å². The van der Waals surface area contributed by atoms with Gasteiger partial charge < -0.3 is 9.57 Å². The molecule has 0 saturated carbocycles. The molecule has 0 bridgehead atoms. The van der Waals surface area contributed by atoms with Crippen molar-refractivity contribution in [1.82, 2.24) is 5.43 Å². The van der Waals surface area contributed by atoms with Crippen LogP contribution in [0.3, 0.4) is 0 Å². The first kappa shape index (κ1) is 16.7. The quantitative estimate of drug-likeness (QED) is 0.626. The van der Waals surface area contributed by atoms with Gasteiger partial charge >= 0.3 is 0 Å². The van der Waals surface area contributed by atoms with Crippen LogP contribution in [0, 0.1) is 0 Å². The van der Waals surface area contributed by atoms with Crippen LogP contribution in [0.2, 0.25) is 0 Å². The molecule has 1 heterocycles. The number of nitrogens with one attached hydrogen (secondary N) is 1. The van der Waals surface area contributed by atoms with E-state index in [1.165, 1.54) is 6.21 Å². The van der Waals surface area contributed by atoms with Crippen LogP contribution in [0.5, 0.6) is 5.75 Å². The molecule has 6 nitrogen and oxygen atoms in total. The van der Waals surface area contributed by atoms with Crippen molar-refractivity contribution in [2.24, 2.45) is 10.3 Å². The summed E-state index contributed by atoms with van der Waals surface area (Å²) in [7, 11) is 1.60. The molecule has 1 aromatic carbocycles. The first-order chi connectivity index (χ1) is 11.2. The molecule has 1 N–H and O–H groups in total. The van der Waals surface area contributed by atoms with Gasteiger partial charge in [0.25, 0.3) is 5.91 Å². The van der Waals surface area contributed by atoms with Crippen LogP contribution in [0.15, 0.2) is 52.0 Å². The highest BCUT2D eigenvalue weighted by molar-refractivity contribution is 7.12. The maximum atomic E-state index is 11.6. The monoisotopic (exact) mass is 331 g/mol. The molecule has 0 atom stereocenters. The number of amides is 1. The Balaban J connectivity index is 1.74. The van der Waals surface area contributed by atoms with Gasteiger partial charge in [-0.3, -0.25) is 4.79 Å². The van der Waals surface area contributed by atoms with Crippen LogP contribution in [0.1, 0.15) is 17.4 Å². The second kappa shape index (κ2) is 8.70. The number of nitrogens with zero attached hydrogens (tertiary/aromatic N) is 2. The summed E-state index contributed by atoms with van der Waals surface area (Å²) >= 11 is 1.56. The minimum atomic E-state index is -0.377. The van der Waals surface area contributed by atoms with Crippen LogP contribution >= 0.6 is 11.3 Å². The zero-order valence-corrected chi connectivity index (χ0v) is 13.7. The summed E-state index contributed by atoms with van der Waals surface area (Å²) in [5.41, 5.74) is 3.95. The average Bonchev–Trinajstić information content (AvgIpc) is 3.10. The van der Waals surface area contributed by atoms with E-state index in [2.05, 4.69) is 15.7 Å². The number of benzene rings is 1. The Kier molecular flexibility index (Phi) is 6.31. The molecule has 120 valence electrons. The smallest absolute Gasteiger partial charge is 0.280 e. The minimum Gasteiger partial charge on any atom is -0.497 e. The van der Waals surface area contributed by atoms with Crippen molar-refractivity contribution in [2.75, 3.05) is 13.7 Å². The number of ether oxygens (including phenoxy) is 1. The molecular formula is C16H17N3O3S. The maximum absolute atomic E-state index is 11.6. The first-order valence-electron chi connectivity index (χ1n) is 6.85. The van der Waals surface area contributed by atoms with Gasteiger partial charge in [-0.15, -0.1) is 11.3 Å². The Labute approximate surface area is 138 Å². The number of hydrazone groups is 1. The lowest BCUT2D eigenvalue weighted by Crippen LogP contribution is -2.22. The third-order valence-electron chi connectivity index (χ3n) is 2.79. The molecule has 1 aromatic heterocycles. The van der Waals surface area contributed by atoms with Gasteiger partial charge in [-0.2, -0.15) is 5.10 Å². The number of oxime groups is 1. The predicted octanol–water partition coefficient (Wildman–Crippen LogP) is 2.65. The number of hydrogen-bond acceptors (Lipinski definition) is 6. The molecule has 23 heavy (non-hydrogen) atoms. The van der Waals surface area contributed by atoms with E-state index in [-0.39, 0.29) is 12.5 Å². The van der Waals surface area contributed by atoms with Gasteiger partial charge in [-0.05, 0) is 48.2 Å². The minimum absolute atomic E-state index is 0.192. The Morgan fingerprint density at radius 1 is 1.30 bits per heavy atom. The Morgan fingerprint density at radius 2 is 2.09 bits per heavy atom. The number of methoxy groups -OCH3 is 1. The molecule has 2 aromatic rings. The van der Waals surface area contributed by atoms with Gasteiger partial charge in [0.15, 0.2) is 6.61 Å². The summed E-state index contributed by atoms with van der Waals surface area (Å²) < 4.78 is 5.06. The maximum Gasteiger partial charge on any atom is 0.280 e. The van der Waals surface area contributed by atoms with Crippen LogP contribution in [0.4, 0.5) is 0 Å². The van der Waals surface area contributed by atoms with E-state index in [4.69, 9.17) is 9.57 Å². The van der Waals surface area contributed by atoms with Gasteiger partial charge in [-0.1, -0.05) is 11.2 Å². The van der Waals surface area contributed by atoms with Gasteiger partial charge in [0.2, 0.25) is 0 Å². The molecule has 0 spiro atoms. The molecule has 2 rings (SSSR count). The van der Waals surface area contributed by atoms with Crippen molar-refractivity contribution in [3.05, 3.63) is 52.2 Å². The standard InChI is InChI=1S/C16H17N3O3S/c1-12(15-4-3-9-23-15)19-22-11-16(20)18-17-10-13-5-7-14(21-2)8-6-13/h3-10H,11H2,1-2H3,(H,18,20)/b17-10-,19-12+. The Morgan fingerprint density at radius 3 is 2.74 bits per heavy atom. The summed E-state index contributed by atoms with van der Waals surface area (Å²) in [4.78, 5) is 17.6. The van der Waals surface area contributed by atoms with Crippen LogP contribution < -0.4 is 10.2 Å². The average molecular weight is 331 g/mol. The highest BCUT2D eigenvalue weighted by Crippen LogP contribution is 2.10. The number of hydrogen-bond donors (Lipinski definition) is 1. The molecule has 7 heteroatoms. The molecule has 0 radical (unpaired) electrons. The summed E-state index contributed by atoms with van der Waals surface area (Å²) in [5, 5.41) is 9.70. The lowest BCUT2D eigenvalue weighted by atomic mass is 10.2. The summed E-state index contributed by atoms with van der Waals surface area (Å²) in [6.45, 7) is 1.63. The van der Waals surface area contributed by atoms with Crippen molar-refractivity contribution in [3.63, 3.8) is 0 Å². The predicted molar refractivity (Wildman–Crippen MR) is 91.2 cm³/mol. The fraction of sp³-hybridized carbons (Fsp3) is 0.188. The van der Waals surface area contributed by atoms with Crippen molar-refractivity contribution in [3.8, 4) is 5.75 Å². The van der Waals surface area contributed by atoms with Crippen molar-refractivity contribution in [2.45, 2.75) is 6.92 Å². The van der Waals surface area contributed by atoms with E-state index in [1.807, 2.05) is 48.7 Å². The number of rotatable bonds is 7. The largest absolute Gasteiger partial charge is 0.497 e. The topological polar surface area (TPSA) is 72.3 Å². The Bertz CT molecular complexity index is 679. The van der Waals surface area contributed by atoms with Crippen LogP contribution in [0.25, 0.3) is 0 Å². The fourth-order valence-electron chi connectivity index (χ4n) is 1.62. The highest BCUT2D eigenvalue weighted by Gasteiger charge is 2.01. The summed E-state index contributed by atoms with van der Waals surface area (Å²) in [6.07, 6.45) is 1.54. The molecule has 1 amide bonds. The van der Waals surface area contributed by atoms with E-state index in [1.54, 1.807) is 18.4 Å². The van der Waals surface area contributed by atoms with Gasteiger partial charge in [-0.25, -0.2) is 5.43 Å². The Hall–Kier alpha value is -2.67. The molecule has 0 unspecified atom stereocenters. The van der Waals surface area contributed by atoms with E-state index in [9.17, 15) is 4.79 Å². The lowest BCUT2D eigenvalue weighted by Gasteiger charge is -2.01. The fourth-order valence-corrected chi connectivity index (χ4v) is 2.29. The molecular weight excluding hydrogens is 314 g/mol. The third-order valence-corrected chi connectivity index (χ3v) is 3.77. The highest BCUT2D eigenvalue weighted by atomic mass is 32.1. The van der Waals surface area contributed by atoms with Crippen molar-refractivity contribution < 1.29 is 14.4 Å². The zero-order valence-electron chi connectivity index (χ0n) is 12.9. The second-order valence-electron chi connectivity index (χ2n) is 4.49. The van der Waals surface area contributed by atoms with E-state index >= 15 is 0 Å². The molecule has 0 fully saturated rings. The van der Waals surface area contributed by atoms with Gasteiger partial charge in [0, 0.05) is 0 Å². The van der Waals surface area contributed by atoms with Crippen LogP contribution in [-0.4, -0.2) is 31.6 Å². The zero-order chi connectivity index (χ0) is 16.5. The number of carbonyl (C=O) groups excluding carboxylic acids is 1. The summed E-state index contributed by atoms with van der Waals surface area (Å²) in [5.74, 6) is 0.385. The molecule has 0 saturated heterocycles. The first-order valence-corrected chi connectivity index (χ1v) is 7.73. The van der Waals surface area contributed by atoms with Crippen molar-refractivity contribution >= 4 is 29.2 Å². The normalized spacial score (nSPS) is 11.5. The van der Waals surface area contributed by atoms with E-state index < -0.39 is 0 Å². The molecule has 0 aliphatic carbocycles. The third kappa shape index (κ3) is 5.55. The van der Waals surface area contributed by atoms with Crippen LogP contribution in [-0.2, 0) is 9.63 Å². The molecule has 0 aliphatic rings. The van der Waals surface area contributed by atoms with E-state index in [0.717, 1.165) is 21.9 Å². The van der Waals surface area contributed by atoms with E-state index in [0.29, 0.717) is 0 Å². The lowest BCUT2D eigenvalue weighted by molar-refractivity contribution is -0.125. The summed E-state index contributed by atoms with van der Waals surface area (Å²) in [6, 6.07) is 11.2. The molecule has 0 aliphatic heterocycles.